The lowest BCUT2D eigenvalue weighted by Gasteiger charge is -2.19. The van der Waals surface area contributed by atoms with Crippen LogP contribution in [0.1, 0.15) is 13.8 Å². The number of hydrogen-bond acceptors (Lipinski definition) is 2. The fraction of sp³-hybridized carbons (Fsp3) is 0.238. The summed E-state index contributed by atoms with van der Waals surface area (Å²) >= 11 is 0. The number of rotatable bonds is 6. The van der Waals surface area contributed by atoms with E-state index in [1.807, 2.05) is 13.8 Å². The van der Waals surface area contributed by atoms with Gasteiger partial charge in [-0.15, -0.1) is 0 Å². The first-order valence-electron chi connectivity index (χ1n) is 8.70. The Labute approximate surface area is 144 Å². The predicted octanol–water partition coefficient (Wildman–Crippen LogP) is 3.73. The molecule has 2 nitrogen and oxygen atoms in total. The van der Waals surface area contributed by atoms with Gasteiger partial charge in [-0.05, 0) is 46.2 Å². The van der Waals surface area contributed by atoms with E-state index in [2.05, 4.69) is 54.6 Å². The molecule has 4 aromatic carbocycles. The van der Waals surface area contributed by atoms with Crippen LogP contribution in [0.3, 0.4) is 0 Å². The maximum atomic E-state index is 5.84. The number of hydrogen-bond donors (Lipinski definition) is 0. The molecule has 0 heterocycles. The van der Waals surface area contributed by atoms with Crippen molar-refractivity contribution < 1.29 is 9.47 Å². The third-order valence-electron chi connectivity index (χ3n) is 4.69. The van der Waals surface area contributed by atoms with E-state index < -0.39 is 9.52 Å². The van der Waals surface area contributed by atoms with Crippen LogP contribution >= 0.6 is 0 Å². The molecule has 0 aliphatic heterocycles. The molecule has 0 fully saturated rings. The number of benzene rings is 4. The Balaban J connectivity index is 1.94. The van der Waals surface area contributed by atoms with E-state index in [1.165, 1.54) is 37.5 Å². The van der Waals surface area contributed by atoms with Gasteiger partial charge >= 0.3 is 0 Å². The van der Waals surface area contributed by atoms with Gasteiger partial charge in [0.25, 0.3) is 0 Å². The minimum Gasteiger partial charge on any atom is -0.357 e. The van der Waals surface area contributed by atoms with Crippen LogP contribution in [0.25, 0.3) is 32.3 Å². The predicted molar refractivity (Wildman–Crippen MR) is 105 cm³/mol. The van der Waals surface area contributed by atoms with E-state index >= 15 is 0 Å². The smallest absolute Gasteiger partial charge is 0.139 e. The summed E-state index contributed by atoms with van der Waals surface area (Å²) in [6.45, 7) is 5.46. The van der Waals surface area contributed by atoms with E-state index in [0.29, 0.717) is 13.2 Å². The highest BCUT2D eigenvalue weighted by molar-refractivity contribution is 6.59. The molecule has 0 saturated heterocycles. The minimum absolute atomic E-state index is 0.0500. The van der Waals surface area contributed by atoms with Crippen LogP contribution < -0.4 is 5.19 Å². The highest BCUT2D eigenvalue weighted by atomic mass is 28.2. The van der Waals surface area contributed by atoms with Crippen molar-refractivity contribution in [2.45, 2.75) is 19.8 Å². The Kier molecular flexibility index (Phi) is 4.23. The van der Waals surface area contributed by atoms with E-state index in [-0.39, 0.29) is 5.91 Å². The standard InChI is InChI=1S/C21H22O2Si/c1-3-22-21(23-4-2)24-18-13-16-9-5-7-14-11-12-15-8-6-10-17(18)20(15)19(14)16/h5-13,21H,3-4,24H2,1-2H3. The third kappa shape index (κ3) is 2.59. The Morgan fingerprint density at radius 3 is 2.12 bits per heavy atom. The van der Waals surface area contributed by atoms with Crippen molar-refractivity contribution in [3.05, 3.63) is 54.6 Å². The van der Waals surface area contributed by atoms with Gasteiger partial charge in [-0.2, -0.15) is 0 Å². The summed E-state index contributed by atoms with van der Waals surface area (Å²) in [5.41, 5.74) is 0. The van der Waals surface area contributed by atoms with Crippen molar-refractivity contribution in [3.63, 3.8) is 0 Å². The second-order valence-electron chi connectivity index (χ2n) is 6.13. The topological polar surface area (TPSA) is 18.5 Å². The van der Waals surface area contributed by atoms with Crippen LogP contribution in [-0.4, -0.2) is 28.6 Å². The van der Waals surface area contributed by atoms with Gasteiger partial charge in [0.15, 0.2) is 0 Å². The van der Waals surface area contributed by atoms with Crippen LogP contribution in [-0.2, 0) is 9.47 Å². The second-order valence-corrected chi connectivity index (χ2v) is 7.97. The average Bonchev–Trinajstić information content (AvgIpc) is 2.61. The first kappa shape index (κ1) is 15.6. The maximum Gasteiger partial charge on any atom is 0.139 e. The summed E-state index contributed by atoms with van der Waals surface area (Å²) in [5.74, 6) is -0.0500. The Morgan fingerprint density at radius 1 is 0.792 bits per heavy atom. The largest absolute Gasteiger partial charge is 0.357 e. The maximum absolute atomic E-state index is 5.84. The van der Waals surface area contributed by atoms with E-state index in [4.69, 9.17) is 9.47 Å². The molecule has 0 aromatic heterocycles. The van der Waals surface area contributed by atoms with Crippen LogP contribution in [0.2, 0.25) is 0 Å². The molecule has 0 spiro atoms. The van der Waals surface area contributed by atoms with Gasteiger partial charge in [0.1, 0.15) is 15.4 Å². The quantitative estimate of drug-likeness (QED) is 0.304. The lowest BCUT2D eigenvalue weighted by Crippen LogP contribution is -2.33. The first-order chi connectivity index (χ1) is 11.8. The average molecular weight is 334 g/mol. The van der Waals surface area contributed by atoms with E-state index in [9.17, 15) is 0 Å². The zero-order valence-electron chi connectivity index (χ0n) is 14.2. The van der Waals surface area contributed by atoms with Gasteiger partial charge in [0, 0.05) is 13.2 Å². The Morgan fingerprint density at radius 2 is 1.42 bits per heavy atom. The number of ether oxygens (including phenoxy) is 2. The molecule has 3 heteroatoms. The van der Waals surface area contributed by atoms with Crippen molar-refractivity contribution in [2.75, 3.05) is 13.2 Å². The third-order valence-corrected chi connectivity index (χ3v) is 6.52. The molecule has 0 N–H and O–H groups in total. The summed E-state index contributed by atoms with van der Waals surface area (Å²) < 4.78 is 11.7. The Hall–Kier alpha value is -1.94. The zero-order valence-corrected chi connectivity index (χ0v) is 15.6. The van der Waals surface area contributed by atoms with E-state index in [0.717, 1.165) is 0 Å². The second kappa shape index (κ2) is 6.52. The van der Waals surface area contributed by atoms with Gasteiger partial charge in [0.05, 0.1) is 0 Å². The molecule has 0 radical (unpaired) electrons. The SMILES string of the molecule is CCOC(OCC)[SiH2]c1cc2cccc3ccc4cccc1c4c32. The molecular weight excluding hydrogens is 312 g/mol. The van der Waals surface area contributed by atoms with Gasteiger partial charge in [0.2, 0.25) is 0 Å². The van der Waals surface area contributed by atoms with Crippen LogP contribution in [0.5, 0.6) is 0 Å². The normalized spacial score (nSPS) is 12.6. The molecule has 0 saturated carbocycles. The fourth-order valence-electron chi connectivity index (χ4n) is 3.72. The summed E-state index contributed by atoms with van der Waals surface area (Å²) in [4.78, 5) is 0. The molecule has 4 rings (SSSR count). The highest BCUT2D eigenvalue weighted by Gasteiger charge is 2.16. The van der Waals surface area contributed by atoms with Gasteiger partial charge in [-0.3, -0.25) is 0 Å². The summed E-state index contributed by atoms with van der Waals surface area (Å²) in [5, 5.41) is 9.53. The molecular formula is C21H22O2Si. The molecule has 0 aliphatic rings. The molecule has 0 atom stereocenters. The monoisotopic (exact) mass is 334 g/mol. The lowest BCUT2D eigenvalue weighted by molar-refractivity contribution is -0.0817. The summed E-state index contributed by atoms with van der Waals surface area (Å²) in [6, 6.07) is 20.0. The van der Waals surface area contributed by atoms with Crippen LogP contribution in [0, 0.1) is 0 Å². The summed E-state index contributed by atoms with van der Waals surface area (Å²) in [7, 11) is -0.702. The fourth-order valence-corrected chi connectivity index (χ4v) is 5.64. The Bertz CT molecular complexity index is 973. The first-order valence-corrected chi connectivity index (χ1v) is 10.2. The molecule has 0 bridgehead atoms. The van der Waals surface area contributed by atoms with Crippen molar-refractivity contribution in [3.8, 4) is 0 Å². The lowest BCUT2D eigenvalue weighted by atomic mass is 9.94. The molecule has 24 heavy (non-hydrogen) atoms. The zero-order chi connectivity index (χ0) is 16.5. The molecule has 0 aliphatic carbocycles. The van der Waals surface area contributed by atoms with Gasteiger partial charge < -0.3 is 9.47 Å². The molecule has 122 valence electrons. The van der Waals surface area contributed by atoms with Crippen LogP contribution in [0.15, 0.2) is 54.6 Å². The van der Waals surface area contributed by atoms with Crippen molar-refractivity contribution >= 4 is 47.0 Å². The van der Waals surface area contributed by atoms with E-state index in [1.54, 1.807) is 0 Å². The van der Waals surface area contributed by atoms with Crippen LogP contribution in [0.4, 0.5) is 0 Å². The minimum atomic E-state index is -0.702. The van der Waals surface area contributed by atoms with Gasteiger partial charge in [-0.1, -0.05) is 59.8 Å². The molecule has 0 amide bonds. The van der Waals surface area contributed by atoms with Gasteiger partial charge in [-0.25, -0.2) is 0 Å². The molecule has 4 aromatic rings. The molecule has 0 unspecified atom stereocenters. The van der Waals surface area contributed by atoms with Crippen molar-refractivity contribution in [1.82, 2.24) is 0 Å². The van der Waals surface area contributed by atoms with Crippen molar-refractivity contribution in [2.24, 2.45) is 0 Å². The van der Waals surface area contributed by atoms with Crippen molar-refractivity contribution in [1.29, 1.82) is 0 Å². The highest BCUT2D eigenvalue weighted by Crippen LogP contribution is 2.33. The summed E-state index contributed by atoms with van der Waals surface area (Å²) in [6.07, 6.45) is 0.